The minimum Gasteiger partial charge on any atom is -0.306 e. The van der Waals surface area contributed by atoms with E-state index in [0.717, 1.165) is 17.1 Å². The molecule has 2 aromatic rings. The topological polar surface area (TPSA) is 75.3 Å². The summed E-state index contributed by atoms with van der Waals surface area (Å²) < 4.78 is 26.5. The highest BCUT2D eigenvalue weighted by atomic mass is 35.5. The van der Waals surface area contributed by atoms with E-state index in [-0.39, 0.29) is 9.92 Å². The number of carbonyl (C=O) groups excluding carboxylic acids is 1. The van der Waals surface area contributed by atoms with Gasteiger partial charge in [-0.3, -0.25) is 0 Å². The van der Waals surface area contributed by atoms with Gasteiger partial charge in [-0.1, -0.05) is 42.8 Å². The third kappa shape index (κ3) is 4.90. The van der Waals surface area contributed by atoms with Gasteiger partial charge in [0.25, 0.3) is 10.0 Å². The molecule has 24 heavy (non-hydrogen) atoms. The third-order valence-corrected chi connectivity index (χ3v) is 6.06. The van der Waals surface area contributed by atoms with Crippen molar-refractivity contribution in [2.75, 3.05) is 11.1 Å². The summed E-state index contributed by atoms with van der Waals surface area (Å²) in [6.07, 6.45) is 0.992. The molecular formula is C16H17ClN2O3S2. The zero-order valence-electron chi connectivity index (χ0n) is 13.0. The van der Waals surface area contributed by atoms with Crippen molar-refractivity contribution in [3.63, 3.8) is 0 Å². The largest absolute Gasteiger partial charge is 0.333 e. The summed E-state index contributed by atoms with van der Waals surface area (Å²) in [5, 5.41) is 2.62. The van der Waals surface area contributed by atoms with Gasteiger partial charge in [0.1, 0.15) is 4.90 Å². The van der Waals surface area contributed by atoms with Crippen molar-refractivity contribution in [1.82, 2.24) is 4.72 Å². The third-order valence-electron chi connectivity index (χ3n) is 2.95. The monoisotopic (exact) mass is 384 g/mol. The first-order valence-corrected chi connectivity index (χ1v) is 10.1. The molecule has 0 aromatic heterocycles. The van der Waals surface area contributed by atoms with Crippen LogP contribution in [0.3, 0.4) is 0 Å². The van der Waals surface area contributed by atoms with Crippen molar-refractivity contribution in [1.29, 1.82) is 0 Å². The molecule has 2 rings (SSSR count). The Balaban J connectivity index is 2.13. The maximum Gasteiger partial charge on any atom is 0.333 e. The number of thioether (sulfide) groups is 1. The minimum absolute atomic E-state index is 0.0525. The van der Waals surface area contributed by atoms with Gasteiger partial charge in [-0.15, -0.1) is 11.8 Å². The van der Waals surface area contributed by atoms with E-state index in [1.807, 2.05) is 16.9 Å². The van der Waals surface area contributed by atoms with Gasteiger partial charge in [0.05, 0.1) is 10.7 Å². The SMILES string of the molecule is CCCSc1ccccc1NC(=O)NS(=O)(=O)c1ccccc1Cl. The number of urea groups is 1. The summed E-state index contributed by atoms with van der Waals surface area (Å²) >= 11 is 7.47. The first-order valence-electron chi connectivity index (χ1n) is 7.24. The first-order chi connectivity index (χ1) is 11.4. The van der Waals surface area contributed by atoms with Crippen LogP contribution in [-0.2, 0) is 10.0 Å². The number of sulfonamides is 1. The van der Waals surface area contributed by atoms with Crippen LogP contribution in [0, 0.1) is 0 Å². The maximum atomic E-state index is 12.2. The minimum atomic E-state index is -4.04. The zero-order chi connectivity index (χ0) is 17.6. The lowest BCUT2D eigenvalue weighted by Gasteiger charge is -2.12. The Hall–Kier alpha value is -1.70. The summed E-state index contributed by atoms with van der Waals surface area (Å²) in [4.78, 5) is 12.8. The maximum absolute atomic E-state index is 12.2. The Morgan fingerprint density at radius 3 is 2.50 bits per heavy atom. The van der Waals surface area contributed by atoms with Crippen LogP contribution < -0.4 is 10.0 Å². The molecule has 2 amide bonds. The Bertz CT molecular complexity index is 826. The second-order valence-electron chi connectivity index (χ2n) is 4.83. The van der Waals surface area contributed by atoms with Crippen LogP contribution in [0.15, 0.2) is 58.3 Å². The van der Waals surface area contributed by atoms with E-state index in [2.05, 4.69) is 12.2 Å². The van der Waals surface area contributed by atoms with Gasteiger partial charge in [0.2, 0.25) is 0 Å². The van der Waals surface area contributed by atoms with Crippen LogP contribution in [-0.4, -0.2) is 20.2 Å². The second kappa shape index (κ2) is 8.41. The van der Waals surface area contributed by atoms with Crippen molar-refractivity contribution in [3.8, 4) is 0 Å². The van der Waals surface area contributed by atoms with Crippen LogP contribution >= 0.6 is 23.4 Å². The van der Waals surface area contributed by atoms with Crippen molar-refractivity contribution in [2.24, 2.45) is 0 Å². The number of rotatable bonds is 6. The lowest BCUT2D eigenvalue weighted by Crippen LogP contribution is -2.34. The number of para-hydroxylation sites is 1. The zero-order valence-corrected chi connectivity index (χ0v) is 15.3. The molecule has 0 radical (unpaired) electrons. The lowest BCUT2D eigenvalue weighted by atomic mass is 10.3. The number of carbonyl (C=O) groups is 1. The number of anilines is 1. The average molecular weight is 385 g/mol. The molecule has 0 spiro atoms. The van der Waals surface area contributed by atoms with Gasteiger partial charge in [-0.2, -0.15) is 0 Å². The smallest absolute Gasteiger partial charge is 0.306 e. The number of benzene rings is 2. The first kappa shape index (κ1) is 18.6. The predicted molar refractivity (Wildman–Crippen MR) is 98.2 cm³/mol. The molecule has 128 valence electrons. The predicted octanol–water partition coefficient (Wildman–Crippen LogP) is 4.35. The number of hydrogen-bond acceptors (Lipinski definition) is 4. The van der Waals surface area contributed by atoms with E-state index in [9.17, 15) is 13.2 Å². The van der Waals surface area contributed by atoms with Crippen molar-refractivity contribution >= 4 is 45.1 Å². The van der Waals surface area contributed by atoms with Gasteiger partial charge in [-0.05, 0) is 36.4 Å². The van der Waals surface area contributed by atoms with E-state index in [0.29, 0.717) is 5.69 Å². The molecule has 0 atom stereocenters. The number of hydrogen-bond donors (Lipinski definition) is 2. The molecule has 2 aromatic carbocycles. The molecule has 8 heteroatoms. The van der Waals surface area contributed by atoms with Gasteiger partial charge in [-0.25, -0.2) is 17.9 Å². The molecule has 0 saturated heterocycles. The summed E-state index contributed by atoms with van der Waals surface area (Å²) in [6, 6.07) is 12.3. The van der Waals surface area contributed by atoms with Gasteiger partial charge in [0.15, 0.2) is 0 Å². The van der Waals surface area contributed by atoms with Gasteiger partial charge >= 0.3 is 6.03 Å². The summed E-state index contributed by atoms with van der Waals surface area (Å²) in [6.45, 7) is 2.06. The van der Waals surface area contributed by atoms with Crippen molar-refractivity contribution in [3.05, 3.63) is 53.6 Å². The van der Waals surface area contributed by atoms with Crippen molar-refractivity contribution in [2.45, 2.75) is 23.1 Å². The van der Waals surface area contributed by atoms with Crippen LogP contribution in [0.4, 0.5) is 10.5 Å². The molecule has 0 aliphatic rings. The van der Waals surface area contributed by atoms with Crippen LogP contribution in [0.1, 0.15) is 13.3 Å². The van der Waals surface area contributed by atoms with Gasteiger partial charge in [0, 0.05) is 4.90 Å². The molecule has 5 nitrogen and oxygen atoms in total. The lowest BCUT2D eigenvalue weighted by molar-refractivity contribution is 0.256. The van der Waals surface area contributed by atoms with Crippen LogP contribution in [0.2, 0.25) is 5.02 Å². The van der Waals surface area contributed by atoms with E-state index in [1.54, 1.807) is 30.0 Å². The second-order valence-corrected chi connectivity index (χ2v) is 8.03. The standard InChI is InChI=1S/C16H17ClN2O3S2/c1-2-11-23-14-9-5-4-8-13(14)18-16(20)19-24(21,22)15-10-6-3-7-12(15)17/h3-10H,2,11H2,1H3,(H2,18,19,20). The highest BCUT2D eigenvalue weighted by molar-refractivity contribution is 7.99. The Kier molecular flexibility index (Phi) is 6.53. The molecule has 0 heterocycles. The van der Waals surface area contributed by atoms with E-state index < -0.39 is 16.1 Å². The fourth-order valence-electron chi connectivity index (χ4n) is 1.90. The quantitative estimate of drug-likeness (QED) is 0.726. The Morgan fingerprint density at radius 2 is 1.79 bits per heavy atom. The molecule has 2 N–H and O–H groups in total. The normalized spacial score (nSPS) is 11.1. The van der Waals surface area contributed by atoms with E-state index in [4.69, 9.17) is 11.6 Å². The highest BCUT2D eigenvalue weighted by Gasteiger charge is 2.20. The molecule has 0 aliphatic heterocycles. The number of halogens is 1. The molecule has 0 saturated carbocycles. The van der Waals surface area contributed by atoms with E-state index in [1.165, 1.54) is 18.2 Å². The summed E-state index contributed by atoms with van der Waals surface area (Å²) in [5.41, 5.74) is 0.558. The summed E-state index contributed by atoms with van der Waals surface area (Å²) in [5.74, 6) is 0.901. The molecular weight excluding hydrogens is 368 g/mol. The van der Waals surface area contributed by atoms with Crippen molar-refractivity contribution < 1.29 is 13.2 Å². The van der Waals surface area contributed by atoms with Crippen LogP contribution in [0.5, 0.6) is 0 Å². The fraction of sp³-hybridized carbons (Fsp3) is 0.188. The molecule has 0 fully saturated rings. The fourth-order valence-corrected chi connectivity index (χ4v) is 4.20. The highest BCUT2D eigenvalue weighted by Crippen LogP contribution is 2.27. The summed E-state index contributed by atoms with van der Waals surface area (Å²) in [7, 11) is -4.04. The van der Waals surface area contributed by atoms with Crippen LogP contribution in [0.25, 0.3) is 0 Å². The molecule has 0 bridgehead atoms. The number of nitrogens with one attached hydrogen (secondary N) is 2. The molecule has 0 unspecified atom stereocenters. The Labute approximate surface area is 150 Å². The van der Waals surface area contributed by atoms with Gasteiger partial charge < -0.3 is 5.32 Å². The van der Waals surface area contributed by atoms with E-state index >= 15 is 0 Å². The Morgan fingerprint density at radius 1 is 1.12 bits per heavy atom. The molecule has 0 aliphatic carbocycles. The number of amides is 2. The average Bonchev–Trinajstić information content (AvgIpc) is 2.53.